The van der Waals surface area contributed by atoms with Crippen molar-refractivity contribution in [3.8, 4) is 0 Å². The number of hydrogen-bond acceptors (Lipinski definition) is 3. The van der Waals surface area contributed by atoms with Gasteiger partial charge in [-0.15, -0.1) is 0 Å². The van der Waals surface area contributed by atoms with E-state index in [0.29, 0.717) is 5.15 Å². The lowest BCUT2D eigenvalue weighted by Gasteiger charge is -2.15. The Bertz CT molecular complexity index is 485. The number of pyridine rings is 1. The number of aromatic nitrogens is 1. The van der Waals surface area contributed by atoms with Gasteiger partial charge in [0.1, 0.15) is 5.15 Å². The minimum absolute atomic E-state index is 0.119. The number of aryl methyl sites for hydroxylation is 1. The molecule has 2 rings (SSSR count). The van der Waals surface area contributed by atoms with E-state index in [1.165, 1.54) is 5.56 Å². The predicted octanol–water partition coefficient (Wildman–Crippen LogP) is 3.26. The Morgan fingerprint density at radius 1 is 1.16 bits per heavy atom. The zero-order chi connectivity index (χ0) is 13.5. The molecule has 0 aliphatic rings. The summed E-state index contributed by atoms with van der Waals surface area (Å²) in [6, 6.07) is 14.3. The molecule has 0 radical (unpaired) electrons. The molecule has 1 aromatic carbocycles. The van der Waals surface area contributed by atoms with Crippen LogP contribution in [0, 0.1) is 0 Å². The van der Waals surface area contributed by atoms with Crippen LogP contribution >= 0.6 is 11.6 Å². The Morgan fingerprint density at radius 2 is 1.95 bits per heavy atom. The highest BCUT2D eigenvalue weighted by Gasteiger charge is 2.09. The average Bonchev–Trinajstić information content (AvgIpc) is 2.46. The number of hydrogen-bond donors (Lipinski definition) is 2. The van der Waals surface area contributed by atoms with Gasteiger partial charge in [0.25, 0.3) is 0 Å². The summed E-state index contributed by atoms with van der Waals surface area (Å²) < 4.78 is 0. The fourth-order valence-corrected chi connectivity index (χ4v) is 2.21. The molecular weight excluding hydrogens is 258 g/mol. The first-order valence-corrected chi connectivity index (χ1v) is 6.79. The van der Waals surface area contributed by atoms with Crippen molar-refractivity contribution in [3.05, 3.63) is 64.9 Å². The van der Waals surface area contributed by atoms with E-state index in [1.54, 1.807) is 12.3 Å². The van der Waals surface area contributed by atoms with Crippen molar-refractivity contribution in [2.75, 3.05) is 0 Å². The summed E-state index contributed by atoms with van der Waals surface area (Å²) in [6.07, 6.45) is 4.87. The molecule has 100 valence electrons. The summed E-state index contributed by atoms with van der Waals surface area (Å²) in [4.78, 5) is 4.08. The molecule has 19 heavy (non-hydrogen) atoms. The second-order valence-electron chi connectivity index (χ2n) is 4.51. The fraction of sp³-hybridized carbons (Fsp3) is 0.267. The molecule has 0 saturated carbocycles. The van der Waals surface area contributed by atoms with Gasteiger partial charge >= 0.3 is 0 Å². The van der Waals surface area contributed by atoms with Gasteiger partial charge < -0.3 is 0 Å². The molecule has 0 aliphatic carbocycles. The van der Waals surface area contributed by atoms with Gasteiger partial charge in [-0.25, -0.2) is 4.98 Å². The second-order valence-corrected chi connectivity index (χ2v) is 4.90. The van der Waals surface area contributed by atoms with Gasteiger partial charge in [-0.05, 0) is 36.5 Å². The molecule has 4 heteroatoms. The van der Waals surface area contributed by atoms with Crippen LogP contribution in [0.1, 0.15) is 30.0 Å². The Kier molecular flexibility index (Phi) is 5.33. The average molecular weight is 276 g/mol. The number of nitrogens with one attached hydrogen (secondary N) is 1. The summed E-state index contributed by atoms with van der Waals surface area (Å²) in [5.74, 6) is 5.61. The van der Waals surface area contributed by atoms with Crippen LogP contribution in [0.4, 0.5) is 0 Å². The van der Waals surface area contributed by atoms with Crippen molar-refractivity contribution >= 4 is 11.6 Å². The van der Waals surface area contributed by atoms with E-state index in [-0.39, 0.29) is 6.04 Å². The molecule has 3 N–H and O–H groups in total. The van der Waals surface area contributed by atoms with Crippen LogP contribution in [0.5, 0.6) is 0 Å². The molecule has 0 bridgehead atoms. The monoisotopic (exact) mass is 275 g/mol. The van der Waals surface area contributed by atoms with Gasteiger partial charge in [-0.2, -0.15) is 0 Å². The number of rotatable bonds is 6. The molecule has 1 atom stereocenters. The lowest BCUT2D eigenvalue weighted by atomic mass is 10.0. The van der Waals surface area contributed by atoms with Crippen LogP contribution < -0.4 is 11.3 Å². The SMILES string of the molecule is NNC(CCCc1ccccc1)c1ccc(Cl)nc1. The van der Waals surface area contributed by atoms with E-state index >= 15 is 0 Å². The molecular formula is C15H18ClN3. The van der Waals surface area contributed by atoms with E-state index in [9.17, 15) is 0 Å². The van der Waals surface area contributed by atoms with Gasteiger partial charge in [-0.3, -0.25) is 11.3 Å². The van der Waals surface area contributed by atoms with Crippen LogP contribution in [-0.4, -0.2) is 4.98 Å². The lowest BCUT2D eigenvalue weighted by Crippen LogP contribution is -2.28. The van der Waals surface area contributed by atoms with Crippen molar-refractivity contribution in [1.82, 2.24) is 10.4 Å². The van der Waals surface area contributed by atoms with Crippen LogP contribution in [0.2, 0.25) is 5.15 Å². The van der Waals surface area contributed by atoms with E-state index < -0.39 is 0 Å². The minimum Gasteiger partial charge on any atom is -0.271 e. The summed E-state index contributed by atoms with van der Waals surface area (Å²) in [7, 11) is 0. The largest absolute Gasteiger partial charge is 0.271 e. The van der Waals surface area contributed by atoms with Crippen molar-refractivity contribution in [2.45, 2.75) is 25.3 Å². The van der Waals surface area contributed by atoms with Crippen LogP contribution in [-0.2, 0) is 6.42 Å². The number of halogens is 1. The molecule has 1 aromatic heterocycles. The van der Waals surface area contributed by atoms with E-state index in [1.807, 2.05) is 12.1 Å². The predicted molar refractivity (Wildman–Crippen MR) is 78.7 cm³/mol. The van der Waals surface area contributed by atoms with Crippen LogP contribution in [0.15, 0.2) is 48.7 Å². The highest BCUT2D eigenvalue weighted by atomic mass is 35.5. The third kappa shape index (κ3) is 4.31. The summed E-state index contributed by atoms with van der Waals surface area (Å²) in [5.41, 5.74) is 5.26. The molecule has 0 aliphatic heterocycles. The molecule has 3 nitrogen and oxygen atoms in total. The zero-order valence-electron chi connectivity index (χ0n) is 10.7. The molecule has 0 spiro atoms. The Hall–Kier alpha value is -1.42. The van der Waals surface area contributed by atoms with E-state index in [4.69, 9.17) is 17.4 Å². The zero-order valence-corrected chi connectivity index (χ0v) is 11.5. The number of hydrazine groups is 1. The lowest BCUT2D eigenvalue weighted by molar-refractivity contribution is 0.497. The summed E-state index contributed by atoms with van der Waals surface area (Å²) >= 11 is 5.78. The van der Waals surface area contributed by atoms with Crippen molar-refractivity contribution in [3.63, 3.8) is 0 Å². The molecule has 2 aromatic rings. The number of nitrogens with two attached hydrogens (primary N) is 1. The highest BCUT2D eigenvalue weighted by molar-refractivity contribution is 6.29. The molecule has 0 saturated heterocycles. The third-order valence-corrected chi connectivity index (χ3v) is 3.38. The Labute approximate surface area is 118 Å². The fourth-order valence-electron chi connectivity index (χ4n) is 2.09. The normalized spacial score (nSPS) is 12.3. The maximum atomic E-state index is 5.78. The highest BCUT2D eigenvalue weighted by Crippen LogP contribution is 2.19. The molecule has 1 heterocycles. The standard InChI is InChI=1S/C15H18ClN3/c16-15-10-9-13(11-18-15)14(19-17)8-4-7-12-5-2-1-3-6-12/h1-3,5-6,9-11,14,19H,4,7-8,17H2. The summed E-state index contributed by atoms with van der Waals surface area (Å²) in [6.45, 7) is 0. The molecule has 0 amide bonds. The topological polar surface area (TPSA) is 50.9 Å². The van der Waals surface area contributed by atoms with Gasteiger partial charge in [0.2, 0.25) is 0 Å². The van der Waals surface area contributed by atoms with Gasteiger partial charge in [0, 0.05) is 12.2 Å². The van der Waals surface area contributed by atoms with Crippen LogP contribution in [0.25, 0.3) is 0 Å². The van der Waals surface area contributed by atoms with Gasteiger partial charge in [0.05, 0.1) is 0 Å². The Balaban J connectivity index is 1.87. The van der Waals surface area contributed by atoms with E-state index in [0.717, 1.165) is 24.8 Å². The smallest absolute Gasteiger partial charge is 0.129 e. The minimum atomic E-state index is 0.119. The molecule has 0 fully saturated rings. The maximum Gasteiger partial charge on any atom is 0.129 e. The second kappa shape index (κ2) is 7.24. The third-order valence-electron chi connectivity index (χ3n) is 3.15. The number of benzene rings is 1. The Morgan fingerprint density at radius 3 is 2.58 bits per heavy atom. The molecule has 1 unspecified atom stereocenters. The summed E-state index contributed by atoms with van der Waals surface area (Å²) in [5, 5.41) is 0.504. The van der Waals surface area contributed by atoms with Crippen molar-refractivity contribution in [1.29, 1.82) is 0 Å². The van der Waals surface area contributed by atoms with E-state index in [2.05, 4.69) is 34.7 Å². The first-order chi connectivity index (χ1) is 9.29. The first-order valence-electron chi connectivity index (χ1n) is 6.41. The van der Waals surface area contributed by atoms with Crippen molar-refractivity contribution in [2.24, 2.45) is 5.84 Å². The van der Waals surface area contributed by atoms with Crippen molar-refractivity contribution < 1.29 is 0 Å². The van der Waals surface area contributed by atoms with Gasteiger partial charge in [0.15, 0.2) is 0 Å². The number of nitrogens with zero attached hydrogens (tertiary/aromatic N) is 1. The first kappa shape index (κ1) is 14.0. The van der Waals surface area contributed by atoms with Crippen LogP contribution in [0.3, 0.4) is 0 Å². The maximum absolute atomic E-state index is 5.78. The van der Waals surface area contributed by atoms with Gasteiger partial charge in [-0.1, -0.05) is 48.0 Å². The quantitative estimate of drug-likeness (QED) is 0.483.